The fourth-order valence-corrected chi connectivity index (χ4v) is 2.09. The van der Waals surface area contributed by atoms with Crippen LogP contribution in [0.2, 0.25) is 0 Å². The maximum Gasteiger partial charge on any atom is 0.331 e. The number of rotatable bonds is 10. The minimum atomic E-state index is -0.195. The van der Waals surface area contributed by atoms with Crippen molar-refractivity contribution in [2.24, 2.45) is 0 Å². The molecule has 1 unspecified atom stereocenters. The predicted octanol–water partition coefficient (Wildman–Crippen LogP) is 2.97. The lowest BCUT2D eigenvalue weighted by atomic mass is 10.1. The zero-order valence-corrected chi connectivity index (χ0v) is 10.6. The highest BCUT2D eigenvalue weighted by Gasteiger charge is 2.15. The van der Waals surface area contributed by atoms with Crippen molar-refractivity contribution in [1.82, 2.24) is 0 Å². The monoisotopic (exact) mass is 240 g/mol. The summed E-state index contributed by atoms with van der Waals surface area (Å²) >= 11 is 0. The van der Waals surface area contributed by atoms with Crippen molar-refractivity contribution in [3.8, 4) is 0 Å². The predicted molar refractivity (Wildman–Crippen MR) is 67.7 cm³/mol. The summed E-state index contributed by atoms with van der Waals surface area (Å²) in [5, 5.41) is 8.62. The molecule has 0 fully saturated rings. The van der Waals surface area contributed by atoms with Crippen LogP contribution in [0.3, 0.4) is 0 Å². The molecule has 1 N–H and O–H groups in total. The van der Waals surface area contributed by atoms with Crippen LogP contribution in [0.15, 0.2) is 12.2 Å². The number of hydrogen-bond acceptors (Lipinski definition) is 3. The van der Waals surface area contributed by atoms with Crippen molar-refractivity contribution >= 4 is 5.97 Å². The normalized spacial score (nSPS) is 18.6. The van der Waals surface area contributed by atoms with Crippen molar-refractivity contribution < 1.29 is 14.6 Å². The molecule has 0 aromatic heterocycles. The molecule has 0 radical (unpaired) electrons. The topological polar surface area (TPSA) is 46.5 Å². The van der Waals surface area contributed by atoms with E-state index < -0.39 is 0 Å². The lowest BCUT2D eigenvalue weighted by Gasteiger charge is -2.07. The van der Waals surface area contributed by atoms with Gasteiger partial charge in [0.25, 0.3) is 0 Å². The first-order chi connectivity index (χ1) is 8.33. The Morgan fingerprint density at radius 2 is 1.59 bits per heavy atom. The Morgan fingerprint density at radius 1 is 1.00 bits per heavy atom. The number of aliphatic hydroxyl groups is 1. The van der Waals surface area contributed by atoms with Gasteiger partial charge in [0.1, 0.15) is 6.10 Å². The van der Waals surface area contributed by atoms with Crippen LogP contribution in [-0.2, 0) is 9.53 Å². The minimum Gasteiger partial charge on any atom is -0.455 e. The number of esters is 1. The fourth-order valence-electron chi connectivity index (χ4n) is 2.09. The Hall–Kier alpha value is -0.830. The molecule has 1 heterocycles. The summed E-state index contributed by atoms with van der Waals surface area (Å²) in [5.74, 6) is -0.195. The van der Waals surface area contributed by atoms with Gasteiger partial charge in [-0.05, 0) is 25.3 Å². The second-order valence-electron chi connectivity index (χ2n) is 4.68. The molecule has 1 aliphatic heterocycles. The number of unbranched alkanes of at least 4 members (excludes halogenated alkanes) is 7. The van der Waals surface area contributed by atoms with Gasteiger partial charge in [-0.15, -0.1) is 0 Å². The number of cyclic esters (lactones) is 1. The number of carbonyl (C=O) groups is 1. The third kappa shape index (κ3) is 7.16. The second-order valence-corrected chi connectivity index (χ2v) is 4.68. The van der Waals surface area contributed by atoms with E-state index in [0.717, 1.165) is 25.7 Å². The molecule has 0 aromatic rings. The Morgan fingerprint density at radius 3 is 2.12 bits per heavy atom. The molecule has 0 spiro atoms. The highest BCUT2D eigenvalue weighted by molar-refractivity contribution is 5.84. The van der Waals surface area contributed by atoms with E-state index in [2.05, 4.69) is 0 Å². The van der Waals surface area contributed by atoms with Crippen LogP contribution in [0.1, 0.15) is 57.8 Å². The molecule has 3 nitrogen and oxygen atoms in total. The van der Waals surface area contributed by atoms with E-state index >= 15 is 0 Å². The van der Waals surface area contributed by atoms with Crippen LogP contribution in [0, 0.1) is 0 Å². The third-order valence-electron chi connectivity index (χ3n) is 3.11. The van der Waals surface area contributed by atoms with Gasteiger partial charge in [-0.3, -0.25) is 0 Å². The third-order valence-corrected chi connectivity index (χ3v) is 3.11. The van der Waals surface area contributed by atoms with Crippen LogP contribution in [-0.4, -0.2) is 23.8 Å². The standard InChI is InChI=1S/C14H24O3/c15-12-8-6-4-2-1-3-5-7-9-13-10-11-14(16)17-13/h10-11,13,15H,1-9,12H2. The van der Waals surface area contributed by atoms with E-state index in [0.29, 0.717) is 6.61 Å². The lowest BCUT2D eigenvalue weighted by Crippen LogP contribution is -2.06. The lowest BCUT2D eigenvalue weighted by molar-refractivity contribution is -0.138. The molecular weight excluding hydrogens is 216 g/mol. The first kappa shape index (κ1) is 14.2. The number of hydrogen-bond donors (Lipinski definition) is 1. The summed E-state index contributed by atoms with van der Waals surface area (Å²) in [7, 11) is 0. The van der Waals surface area contributed by atoms with E-state index in [1.165, 1.54) is 38.2 Å². The highest BCUT2D eigenvalue weighted by Crippen LogP contribution is 2.15. The van der Waals surface area contributed by atoms with Crippen molar-refractivity contribution in [2.45, 2.75) is 63.9 Å². The molecule has 0 bridgehead atoms. The summed E-state index contributed by atoms with van der Waals surface area (Å²) in [6.07, 6.45) is 13.9. The first-order valence-electron chi connectivity index (χ1n) is 6.82. The smallest absolute Gasteiger partial charge is 0.331 e. The van der Waals surface area contributed by atoms with Crippen LogP contribution in [0.25, 0.3) is 0 Å². The number of ether oxygens (including phenoxy) is 1. The highest BCUT2D eigenvalue weighted by atomic mass is 16.5. The number of aliphatic hydroxyl groups excluding tert-OH is 1. The van der Waals surface area contributed by atoms with Gasteiger partial charge < -0.3 is 9.84 Å². The molecule has 0 aliphatic carbocycles. The van der Waals surface area contributed by atoms with Gasteiger partial charge in [0, 0.05) is 12.7 Å². The van der Waals surface area contributed by atoms with Gasteiger partial charge in [-0.25, -0.2) is 4.79 Å². The van der Waals surface area contributed by atoms with Crippen LogP contribution >= 0.6 is 0 Å². The SMILES string of the molecule is O=C1C=CC(CCCCCCCCCCO)O1. The molecule has 0 saturated heterocycles. The van der Waals surface area contributed by atoms with Crippen LogP contribution < -0.4 is 0 Å². The first-order valence-corrected chi connectivity index (χ1v) is 6.82. The maximum atomic E-state index is 10.8. The van der Waals surface area contributed by atoms with Gasteiger partial charge in [-0.2, -0.15) is 0 Å². The van der Waals surface area contributed by atoms with Crippen molar-refractivity contribution in [2.75, 3.05) is 6.61 Å². The van der Waals surface area contributed by atoms with E-state index in [-0.39, 0.29) is 12.1 Å². The summed E-state index contributed by atoms with van der Waals surface area (Å²) < 4.78 is 5.06. The molecule has 0 saturated carbocycles. The maximum absolute atomic E-state index is 10.8. The van der Waals surface area contributed by atoms with Gasteiger partial charge in [0.15, 0.2) is 0 Å². The van der Waals surface area contributed by atoms with E-state index in [4.69, 9.17) is 9.84 Å². The molecule has 1 atom stereocenters. The summed E-state index contributed by atoms with van der Waals surface area (Å²) in [4.78, 5) is 10.8. The van der Waals surface area contributed by atoms with Crippen molar-refractivity contribution in [3.05, 3.63) is 12.2 Å². The Kier molecular flexibility index (Phi) is 7.72. The van der Waals surface area contributed by atoms with Crippen LogP contribution in [0.4, 0.5) is 0 Å². The van der Waals surface area contributed by atoms with Crippen molar-refractivity contribution in [3.63, 3.8) is 0 Å². The average Bonchev–Trinajstić information content (AvgIpc) is 2.73. The molecule has 17 heavy (non-hydrogen) atoms. The molecule has 1 aliphatic rings. The molecule has 98 valence electrons. The molecule has 0 amide bonds. The zero-order valence-electron chi connectivity index (χ0n) is 10.6. The van der Waals surface area contributed by atoms with Gasteiger partial charge in [-0.1, -0.05) is 38.5 Å². The van der Waals surface area contributed by atoms with Crippen molar-refractivity contribution in [1.29, 1.82) is 0 Å². The summed E-state index contributed by atoms with van der Waals surface area (Å²) in [5.41, 5.74) is 0. The minimum absolute atomic E-state index is 0.0343. The van der Waals surface area contributed by atoms with Crippen LogP contribution in [0.5, 0.6) is 0 Å². The Balaban J connectivity index is 1.79. The average molecular weight is 240 g/mol. The van der Waals surface area contributed by atoms with E-state index in [1.54, 1.807) is 0 Å². The molecular formula is C14H24O3. The van der Waals surface area contributed by atoms with E-state index in [1.807, 2.05) is 6.08 Å². The molecule has 3 heteroatoms. The summed E-state index contributed by atoms with van der Waals surface area (Å²) in [6, 6.07) is 0. The van der Waals surface area contributed by atoms with Gasteiger partial charge in [0.05, 0.1) is 0 Å². The quantitative estimate of drug-likeness (QED) is 0.471. The summed E-state index contributed by atoms with van der Waals surface area (Å²) in [6.45, 7) is 0.327. The fraction of sp³-hybridized carbons (Fsp3) is 0.786. The Bertz CT molecular complexity index is 236. The second kappa shape index (κ2) is 9.23. The largest absolute Gasteiger partial charge is 0.455 e. The van der Waals surface area contributed by atoms with E-state index in [9.17, 15) is 4.79 Å². The number of carbonyl (C=O) groups excluding carboxylic acids is 1. The zero-order chi connectivity index (χ0) is 12.3. The molecule has 0 aromatic carbocycles. The molecule has 1 rings (SSSR count). The van der Waals surface area contributed by atoms with Gasteiger partial charge in [0.2, 0.25) is 0 Å². The van der Waals surface area contributed by atoms with Gasteiger partial charge >= 0.3 is 5.97 Å². The Labute approximate surface area is 104 Å².